The molecule has 0 atom stereocenters. The van der Waals surface area contributed by atoms with Crippen molar-refractivity contribution in [3.05, 3.63) is 65.2 Å². The minimum atomic E-state index is 0.514. The van der Waals surface area contributed by atoms with Crippen LogP contribution in [-0.4, -0.2) is 4.98 Å². The number of nitrogens with two attached hydrogens (primary N) is 1. The van der Waals surface area contributed by atoms with Gasteiger partial charge in [-0.15, -0.1) is 11.3 Å². The molecule has 0 unspecified atom stereocenters. The van der Waals surface area contributed by atoms with E-state index in [9.17, 15) is 0 Å². The summed E-state index contributed by atoms with van der Waals surface area (Å²) in [4.78, 5) is 5.76. The maximum Gasteiger partial charge on any atom is 0.124 e. The molecule has 0 saturated heterocycles. The molecule has 0 aliphatic carbocycles. The fraction of sp³-hybridized carbons (Fsp3) is 0.118. The summed E-state index contributed by atoms with van der Waals surface area (Å²) < 4.78 is 5.79. The molecule has 0 aliphatic heterocycles. The van der Waals surface area contributed by atoms with E-state index in [1.54, 1.807) is 11.3 Å². The van der Waals surface area contributed by atoms with E-state index in [-0.39, 0.29) is 0 Å². The first-order valence-electron chi connectivity index (χ1n) is 6.72. The van der Waals surface area contributed by atoms with E-state index in [2.05, 4.69) is 17.1 Å². The Bertz CT molecular complexity index is 738. The number of anilines is 1. The van der Waals surface area contributed by atoms with E-state index < -0.39 is 0 Å². The smallest absolute Gasteiger partial charge is 0.124 e. The van der Waals surface area contributed by atoms with Gasteiger partial charge in [-0.25, -0.2) is 4.98 Å². The monoisotopic (exact) mass is 296 g/mol. The molecule has 1 heterocycles. The summed E-state index contributed by atoms with van der Waals surface area (Å²) >= 11 is 1.67. The molecule has 0 bridgehead atoms. The molecule has 0 fully saturated rings. The molecular formula is C17H16N2OS. The van der Waals surface area contributed by atoms with E-state index in [0.29, 0.717) is 12.3 Å². The normalized spacial score (nSPS) is 10.5. The highest BCUT2D eigenvalue weighted by molar-refractivity contribution is 7.15. The van der Waals surface area contributed by atoms with Gasteiger partial charge in [-0.3, -0.25) is 0 Å². The first-order chi connectivity index (χ1) is 10.2. The van der Waals surface area contributed by atoms with E-state index in [0.717, 1.165) is 26.9 Å². The summed E-state index contributed by atoms with van der Waals surface area (Å²) in [6, 6.07) is 17.7. The second-order valence-corrected chi connectivity index (χ2v) is 5.84. The molecule has 0 amide bonds. The zero-order valence-electron chi connectivity index (χ0n) is 11.7. The summed E-state index contributed by atoms with van der Waals surface area (Å²) in [6.07, 6.45) is 0. The molecule has 3 nitrogen and oxygen atoms in total. The third-order valence-electron chi connectivity index (χ3n) is 3.14. The van der Waals surface area contributed by atoms with Gasteiger partial charge in [0, 0.05) is 17.3 Å². The van der Waals surface area contributed by atoms with Crippen molar-refractivity contribution in [1.82, 2.24) is 4.98 Å². The van der Waals surface area contributed by atoms with Crippen LogP contribution in [-0.2, 0) is 6.61 Å². The number of thiazole rings is 1. The Hall–Kier alpha value is -2.33. The van der Waals surface area contributed by atoms with E-state index in [4.69, 9.17) is 10.5 Å². The van der Waals surface area contributed by atoms with Crippen LogP contribution in [0.2, 0.25) is 0 Å². The third kappa shape index (κ3) is 3.23. The molecule has 3 aromatic rings. The van der Waals surface area contributed by atoms with Crippen LogP contribution in [0.25, 0.3) is 10.6 Å². The lowest BCUT2D eigenvalue weighted by atomic mass is 10.2. The first-order valence-corrected chi connectivity index (χ1v) is 7.54. The number of hydrogen-bond donors (Lipinski definition) is 1. The van der Waals surface area contributed by atoms with Gasteiger partial charge in [-0.2, -0.15) is 0 Å². The van der Waals surface area contributed by atoms with Gasteiger partial charge in [0.1, 0.15) is 17.4 Å². The SMILES string of the molecule is Cc1nc(-c2ccccc2)sc1COc1cccc(N)c1. The van der Waals surface area contributed by atoms with Crippen molar-refractivity contribution in [1.29, 1.82) is 0 Å². The third-order valence-corrected chi connectivity index (χ3v) is 4.32. The number of benzene rings is 2. The second-order valence-electron chi connectivity index (χ2n) is 4.75. The summed E-state index contributed by atoms with van der Waals surface area (Å²) in [5.74, 6) is 0.782. The number of aromatic nitrogens is 1. The van der Waals surface area contributed by atoms with Crippen molar-refractivity contribution < 1.29 is 4.74 Å². The van der Waals surface area contributed by atoms with Gasteiger partial charge >= 0.3 is 0 Å². The predicted octanol–water partition coefficient (Wildman–Crippen LogP) is 4.28. The number of rotatable bonds is 4. The Morgan fingerprint density at radius 3 is 2.67 bits per heavy atom. The zero-order chi connectivity index (χ0) is 14.7. The average molecular weight is 296 g/mol. The second kappa shape index (κ2) is 5.97. The van der Waals surface area contributed by atoms with Crippen LogP contribution in [0, 0.1) is 6.92 Å². The van der Waals surface area contributed by atoms with Crippen LogP contribution in [0.4, 0.5) is 5.69 Å². The van der Waals surface area contributed by atoms with Crippen molar-refractivity contribution in [3.63, 3.8) is 0 Å². The van der Waals surface area contributed by atoms with Crippen molar-refractivity contribution in [2.24, 2.45) is 0 Å². The Labute approximate surface area is 128 Å². The highest BCUT2D eigenvalue weighted by atomic mass is 32.1. The topological polar surface area (TPSA) is 48.1 Å². The molecular weight excluding hydrogens is 280 g/mol. The molecule has 1 aromatic heterocycles. The number of aryl methyl sites for hydroxylation is 1. The Balaban J connectivity index is 1.76. The van der Waals surface area contributed by atoms with E-state index in [1.807, 2.05) is 49.4 Å². The van der Waals surface area contributed by atoms with Gasteiger partial charge in [-0.05, 0) is 19.1 Å². The standard InChI is InChI=1S/C17H16N2OS/c1-12-16(11-20-15-9-5-8-14(18)10-15)21-17(19-12)13-6-3-2-4-7-13/h2-10H,11,18H2,1H3. The summed E-state index contributed by atoms with van der Waals surface area (Å²) in [5, 5.41) is 1.03. The summed E-state index contributed by atoms with van der Waals surface area (Å²) in [6.45, 7) is 2.53. The molecule has 3 rings (SSSR count). The lowest BCUT2D eigenvalue weighted by Gasteiger charge is -2.05. The van der Waals surface area contributed by atoms with Crippen LogP contribution in [0.1, 0.15) is 10.6 Å². The van der Waals surface area contributed by atoms with Crippen molar-refractivity contribution in [3.8, 4) is 16.3 Å². The van der Waals surface area contributed by atoms with Gasteiger partial charge in [0.25, 0.3) is 0 Å². The summed E-state index contributed by atoms with van der Waals surface area (Å²) in [5.41, 5.74) is 8.61. The number of nitrogen functional groups attached to an aromatic ring is 1. The Kier molecular flexibility index (Phi) is 3.88. The zero-order valence-corrected chi connectivity index (χ0v) is 12.6. The Morgan fingerprint density at radius 1 is 1.10 bits per heavy atom. The first kappa shape index (κ1) is 13.6. The van der Waals surface area contributed by atoms with Crippen LogP contribution in [0.5, 0.6) is 5.75 Å². The molecule has 4 heteroatoms. The Morgan fingerprint density at radius 2 is 1.90 bits per heavy atom. The molecule has 0 radical (unpaired) electrons. The van der Waals surface area contributed by atoms with Crippen LogP contribution in [0.15, 0.2) is 54.6 Å². The van der Waals surface area contributed by atoms with Gasteiger partial charge < -0.3 is 10.5 Å². The minimum absolute atomic E-state index is 0.514. The lowest BCUT2D eigenvalue weighted by Crippen LogP contribution is -1.95. The highest BCUT2D eigenvalue weighted by Crippen LogP contribution is 2.28. The number of nitrogens with zero attached hydrogens (tertiary/aromatic N) is 1. The highest BCUT2D eigenvalue weighted by Gasteiger charge is 2.09. The van der Waals surface area contributed by atoms with Crippen molar-refractivity contribution >= 4 is 17.0 Å². The van der Waals surface area contributed by atoms with Gasteiger partial charge in [0.05, 0.1) is 10.6 Å². The van der Waals surface area contributed by atoms with E-state index >= 15 is 0 Å². The van der Waals surface area contributed by atoms with Gasteiger partial charge in [0.15, 0.2) is 0 Å². The fourth-order valence-corrected chi connectivity index (χ4v) is 3.00. The predicted molar refractivity (Wildman–Crippen MR) is 87.5 cm³/mol. The molecule has 2 N–H and O–H groups in total. The van der Waals surface area contributed by atoms with Crippen LogP contribution >= 0.6 is 11.3 Å². The molecule has 106 valence electrons. The van der Waals surface area contributed by atoms with Crippen molar-refractivity contribution in [2.75, 3.05) is 5.73 Å². The maximum absolute atomic E-state index is 5.79. The van der Waals surface area contributed by atoms with Crippen molar-refractivity contribution in [2.45, 2.75) is 13.5 Å². The van der Waals surface area contributed by atoms with Crippen LogP contribution < -0.4 is 10.5 Å². The number of hydrogen-bond acceptors (Lipinski definition) is 4. The van der Waals surface area contributed by atoms with Crippen LogP contribution in [0.3, 0.4) is 0 Å². The van der Waals surface area contributed by atoms with E-state index in [1.165, 1.54) is 0 Å². The largest absolute Gasteiger partial charge is 0.488 e. The summed E-state index contributed by atoms with van der Waals surface area (Å²) in [7, 11) is 0. The molecule has 0 saturated carbocycles. The number of ether oxygens (including phenoxy) is 1. The maximum atomic E-state index is 5.79. The molecule has 0 aliphatic rings. The minimum Gasteiger partial charge on any atom is -0.488 e. The molecule has 2 aromatic carbocycles. The molecule has 21 heavy (non-hydrogen) atoms. The average Bonchev–Trinajstić information content (AvgIpc) is 2.87. The van der Waals surface area contributed by atoms with Gasteiger partial charge in [0.2, 0.25) is 0 Å². The lowest BCUT2D eigenvalue weighted by molar-refractivity contribution is 0.309. The quantitative estimate of drug-likeness (QED) is 0.731. The van der Waals surface area contributed by atoms with Gasteiger partial charge in [-0.1, -0.05) is 36.4 Å². The molecule has 0 spiro atoms. The fourth-order valence-electron chi connectivity index (χ4n) is 2.02.